The van der Waals surface area contributed by atoms with Gasteiger partial charge in [0, 0.05) is 11.3 Å². The molecule has 2 amide bonds. The van der Waals surface area contributed by atoms with Crippen molar-refractivity contribution >= 4 is 17.7 Å². The number of amides is 2. The highest BCUT2D eigenvalue weighted by atomic mass is 16.5. The minimum absolute atomic E-state index is 0.389. The van der Waals surface area contributed by atoms with Crippen molar-refractivity contribution in [2.24, 2.45) is 5.73 Å². The Kier molecular flexibility index (Phi) is 3.06. The molecular weight excluding hydrogens is 184 g/mol. The van der Waals surface area contributed by atoms with E-state index in [9.17, 15) is 9.59 Å². The Labute approximate surface area is 80.9 Å². The van der Waals surface area contributed by atoms with Crippen molar-refractivity contribution in [2.75, 3.05) is 12.4 Å². The normalized spacial score (nSPS) is 9.21. The molecule has 3 N–H and O–H groups in total. The van der Waals surface area contributed by atoms with Gasteiger partial charge in [0.05, 0.1) is 7.11 Å². The van der Waals surface area contributed by atoms with E-state index in [1.165, 1.54) is 19.2 Å². The zero-order valence-electron chi connectivity index (χ0n) is 7.61. The summed E-state index contributed by atoms with van der Waals surface area (Å²) in [6.45, 7) is 0. The predicted molar refractivity (Wildman–Crippen MR) is 51.0 cm³/mol. The quantitative estimate of drug-likeness (QED) is 0.735. The Balaban J connectivity index is 2.73. The largest absolute Gasteiger partial charge is 0.453 e. The topological polar surface area (TPSA) is 81.4 Å². The molecule has 74 valence electrons. The van der Waals surface area contributed by atoms with E-state index in [2.05, 4.69) is 10.1 Å². The van der Waals surface area contributed by atoms with Crippen LogP contribution < -0.4 is 11.1 Å². The summed E-state index contributed by atoms with van der Waals surface area (Å²) in [5.74, 6) is -0.505. The number of rotatable bonds is 2. The van der Waals surface area contributed by atoms with Crippen LogP contribution in [-0.4, -0.2) is 19.1 Å². The molecule has 0 aromatic heterocycles. The van der Waals surface area contributed by atoms with Crippen LogP contribution in [0.25, 0.3) is 0 Å². The summed E-state index contributed by atoms with van der Waals surface area (Å²) in [6, 6.07) is 6.18. The van der Waals surface area contributed by atoms with Gasteiger partial charge in [-0.25, -0.2) is 4.79 Å². The van der Waals surface area contributed by atoms with Gasteiger partial charge >= 0.3 is 6.09 Å². The molecule has 5 nitrogen and oxygen atoms in total. The first-order valence-corrected chi connectivity index (χ1v) is 3.88. The SMILES string of the molecule is COC(=O)Nc1ccc(C(N)=O)cc1. The molecule has 1 rings (SSSR count). The molecule has 0 atom stereocenters. The van der Waals surface area contributed by atoms with Crippen LogP contribution in [0, 0.1) is 0 Å². The minimum Gasteiger partial charge on any atom is -0.453 e. The molecule has 0 saturated heterocycles. The number of carbonyl (C=O) groups is 2. The fraction of sp³-hybridized carbons (Fsp3) is 0.111. The number of hydrogen-bond donors (Lipinski definition) is 2. The second-order valence-electron chi connectivity index (χ2n) is 2.56. The van der Waals surface area contributed by atoms with E-state index in [0.717, 1.165) is 0 Å². The van der Waals surface area contributed by atoms with E-state index in [-0.39, 0.29) is 0 Å². The fourth-order valence-electron chi connectivity index (χ4n) is 0.887. The summed E-state index contributed by atoms with van der Waals surface area (Å²) in [4.78, 5) is 21.5. The van der Waals surface area contributed by atoms with Gasteiger partial charge in [-0.15, -0.1) is 0 Å². The van der Waals surface area contributed by atoms with E-state index in [4.69, 9.17) is 5.73 Å². The van der Waals surface area contributed by atoms with E-state index in [0.29, 0.717) is 11.3 Å². The highest BCUT2D eigenvalue weighted by Crippen LogP contribution is 2.08. The predicted octanol–water partition coefficient (Wildman–Crippen LogP) is 0.964. The van der Waals surface area contributed by atoms with Gasteiger partial charge in [-0.2, -0.15) is 0 Å². The standard InChI is InChI=1S/C9H10N2O3/c1-14-9(13)11-7-4-2-6(3-5-7)8(10)12/h2-5H,1H3,(H2,10,12)(H,11,13). The fourth-order valence-corrected chi connectivity index (χ4v) is 0.887. The molecule has 0 heterocycles. The van der Waals surface area contributed by atoms with Crippen molar-refractivity contribution < 1.29 is 14.3 Å². The first-order chi connectivity index (χ1) is 6.63. The number of nitrogens with one attached hydrogen (secondary N) is 1. The number of hydrogen-bond acceptors (Lipinski definition) is 3. The molecule has 5 heteroatoms. The van der Waals surface area contributed by atoms with Gasteiger partial charge in [-0.05, 0) is 24.3 Å². The second kappa shape index (κ2) is 4.27. The molecule has 0 unspecified atom stereocenters. The van der Waals surface area contributed by atoms with Gasteiger partial charge in [-0.1, -0.05) is 0 Å². The van der Waals surface area contributed by atoms with Gasteiger partial charge < -0.3 is 10.5 Å². The summed E-state index contributed by atoms with van der Waals surface area (Å²) in [5, 5.41) is 2.44. The van der Waals surface area contributed by atoms with Gasteiger partial charge in [0.15, 0.2) is 0 Å². The Hall–Kier alpha value is -2.04. The van der Waals surface area contributed by atoms with Crippen molar-refractivity contribution in [1.29, 1.82) is 0 Å². The van der Waals surface area contributed by atoms with Crippen LogP contribution in [-0.2, 0) is 4.74 Å². The first kappa shape index (κ1) is 10.0. The first-order valence-electron chi connectivity index (χ1n) is 3.88. The third kappa shape index (κ3) is 2.48. The van der Waals surface area contributed by atoms with Gasteiger partial charge in [0.2, 0.25) is 5.91 Å². The number of carbonyl (C=O) groups excluding carboxylic acids is 2. The smallest absolute Gasteiger partial charge is 0.411 e. The Morgan fingerprint density at radius 1 is 1.29 bits per heavy atom. The van der Waals surface area contributed by atoms with E-state index >= 15 is 0 Å². The Bertz CT molecular complexity index is 346. The lowest BCUT2D eigenvalue weighted by atomic mass is 10.2. The van der Waals surface area contributed by atoms with Crippen molar-refractivity contribution in [3.05, 3.63) is 29.8 Å². The molecule has 1 aromatic carbocycles. The lowest BCUT2D eigenvalue weighted by Gasteiger charge is -2.03. The summed E-state index contributed by atoms with van der Waals surface area (Å²) in [6.07, 6.45) is -0.558. The van der Waals surface area contributed by atoms with Crippen LogP contribution in [0.15, 0.2) is 24.3 Å². The maximum Gasteiger partial charge on any atom is 0.411 e. The Morgan fingerprint density at radius 2 is 1.86 bits per heavy atom. The third-order valence-electron chi connectivity index (χ3n) is 1.60. The van der Waals surface area contributed by atoms with Crippen molar-refractivity contribution in [2.45, 2.75) is 0 Å². The summed E-state index contributed by atoms with van der Waals surface area (Å²) < 4.78 is 4.39. The number of anilines is 1. The number of methoxy groups -OCH3 is 1. The molecule has 0 aliphatic rings. The maximum atomic E-state index is 10.8. The average molecular weight is 194 g/mol. The van der Waals surface area contributed by atoms with E-state index in [1.807, 2.05) is 0 Å². The average Bonchev–Trinajstić information content (AvgIpc) is 2.18. The molecule has 0 spiro atoms. The molecule has 14 heavy (non-hydrogen) atoms. The number of ether oxygens (including phenoxy) is 1. The summed E-state index contributed by atoms with van der Waals surface area (Å²) in [5.41, 5.74) is 5.97. The van der Waals surface area contributed by atoms with Crippen molar-refractivity contribution in [3.8, 4) is 0 Å². The van der Waals surface area contributed by atoms with Crippen LogP contribution in [0.3, 0.4) is 0 Å². The molecule has 0 fully saturated rings. The van der Waals surface area contributed by atoms with Crippen LogP contribution in [0.4, 0.5) is 10.5 Å². The highest BCUT2D eigenvalue weighted by Gasteiger charge is 2.02. The molecular formula is C9H10N2O3. The summed E-state index contributed by atoms with van der Waals surface area (Å²) in [7, 11) is 1.27. The third-order valence-corrected chi connectivity index (χ3v) is 1.60. The zero-order valence-corrected chi connectivity index (χ0v) is 7.61. The molecule has 0 aliphatic heterocycles. The van der Waals surface area contributed by atoms with Gasteiger partial charge in [0.25, 0.3) is 0 Å². The van der Waals surface area contributed by atoms with Crippen LogP contribution in [0.5, 0.6) is 0 Å². The van der Waals surface area contributed by atoms with Crippen LogP contribution >= 0.6 is 0 Å². The highest BCUT2D eigenvalue weighted by molar-refractivity contribution is 5.93. The number of primary amides is 1. The monoisotopic (exact) mass is 194 g/mol. The second-order valence-corrected chi connectivity index (χ2v) is 2.56. The van der Waals surface area contributed by atoms with E-state index < -0.39 is 12.0 Å². The van der Waals surface area contributed by atoms with Gasteiger partial charge in [0.1, 0.15) is 0 Å². The van der Waals surface area contributed by atoms with Crippen LogP contribution in [0.1, 0.15) is 10.4 Å². The van der Waals surface area contributed by atoms with Crippen molar-refractivity contribution in [1.82, 2.24) is 0 Å². The maximum absolute atomic E-state index is 10.8. The lowest BCUT2D eigenvalue weighted by Crippen LogP contribution is -2.12. The molecule has 0 saturated carbocycles. The van der Waals surface area contributed by atoms with Crippen molar-refractivity contribution in [3.63, 3.8) is 0 Å². The van der Waals surface area contributed by atoms with Gasteiger partial charge in [-0.3, -0.25) is 10.1 Å². The summed E-state index contributed by atoms with van der Waals surface area (Å²) >= 11 is 0. The zero-order chi connectivity index (χ0) is 10.6. The molecule has 1 aromatic rings. The minimum atomic E-state index is -0.558. The lowest BCUT2D eigenvalue weighted by molar-refractivity contribution is 0.100. The molecule has 0 aliphatic carbocycles. The Morgan fingerprint density at radius 3 is 2.29 bits per heavy atom. The van der Waals surface area contributed by atoms with Crippen LogP contribution in [0.2, 0.25) is 0 Å². The number of nitrogens with two attached hydrogens (primary N) is 1. The molecule has 0 radical (unpaired) electrons. The molecule has 0 bridgehead atoms. The number of benzene rings is 1. The van der Waals surface area contributed by atoms with E-state index in [1.54, 1.807) is 12.1 Å².